The Hall–Kier alpha value is -4.70. The molecule has 0 aliphatic carbocycles. The Bertz CT molecular complexity index is 1730. The van der Waals surface area contributed by atoms with Crippen LogP contribution >= 0.6 is 0 Å². The second-order valence-corrected chi connectivity index (χ2v) is 8.63. The van der Waals surface area contributed by atoms with Gasteiger partial charge in [0, 0.05) is 23.9 Å². The number of ether oxygens (including phenoxy) is 2. The van der Waals surface area contributed by atoms with Gasteiger partial charge in [-0.05, 0) is 31.2 Å². The van der Waals surface area contributed by atoms with E-state index in [4.69, 9.17) is 0 Å². The van der Waals surface area contributed by atoms with Crippen molar-refractivity contribution in [2.75, 3.05) is 11.4 Å². The summed E-state index contributed by atoms with van der Waals surface area (Å²) in [5, 5.41) is 3.97. The molecule has 1 N–H and O–H groups in total. The largest absolute Gasteiger partial charge is 0.586 e. The summed E-state index contributed by atoms with van der Waals surface area (Å²) in [6.45, 7) is 0.736. The highest BCUT2D eigenvalue weighted by Crippen LogP contribution is 2.44. The Morgan fingerprint density at radius 2 is 1.68 bits per heavy atom. The van der Waals surface area contributed by atoms with E-state index in [1.165, 1.54) is 13.0 Å². The lowest BCUT2D eigenvalue weighted by atomic mass is 10.0. The number of anilines is 1. The summed E-state index contributed by atoms with van der Waals surface area (Å²) in [6.07, 6.45) is -13.6. The van der Waals surface area contributed by atoms with Gasteiger partial charge in [0.15, 0.2) is 11.5 Å². The van der Waals surface area contributed by atoms with Crippen LogP contribution in [0.4, 0.5) is 40.8 Å². The molecular formula is C24H15F8N5O4. The maximum Gasteiger partial charge on any atom is 0.586 e. The zero-order valence-corrected chi connectivity index (χ0v) is 20.4. The molecule has 9 nitrogen and oxygen atoms in total. The van der Waals surface area contributed by atoms with Crippen LogP contribution in [-0.2, 0) is 23.7 Å². The Labute approximate surface area is 222 Å². The van der Waals surface area contributed by atoms with Crippen LogP contribution in [0.15, 0.2) is 47.5 Å². The number of hydrogen-bond donors (Lipinski definition) is 1. The van der Waals surface area contributed by atoms with Crippen molar-refractivity contribution >= 4 is 22.6 Å². The average Bonchev–Trinajstić information content (AvgIpc) is 3.48. The summed E-state index contributed by atoms with van der Waals surface area (Å²) in [4.78, 5) is 33.6. The second-order valence-electron chi connectivity index (χ2n) is 8.63. The van der Waals surface area contributed by atoms with E-state index >= 15 is 0 Å². The predicted molar refractivity (Wildman–Crippen MR) is 124 cm³/mol. The van der Waals surface area contributed by atoms with E-state index in [-0.39, 0.29) is 46.9 Å². The van der Waals surface area contributed by atoms with Crippen LogP contribution in [0, 0.1) is 0 Å². The average molecular weight is 589 g/mol. The molecule has 1 amide bonds. The van der Waals surface area contributed by atoms with Crippen molar-refractivity contribution in [1.29, 1.82) is 0 Å². The fourth-order valence-corrected chi connectivity index (χ4v) is 4.28. The highest BCUT2D eigenvalue weighted by Gasteiger charge is 2.44. The Morgan fingerprint density at radius 1 is 1.00 bits per heavy atom. The molecule has 4 aromatic rings. The number of alkyl halides is 8. The quantitative estimate of drug-likeness (QED) is 0.321. The molecule has 1 aliphatic heterocycles. The molecule has 0 bridgehead atoms. The zero-order chi connectivity index (χ0) is 29.9. The summed E-state index contributed by atoms with van der Waals surface area (Å²) < 4.78 is 117. The van der Waals surface area contributed by atoms with Gasteiger partial charge in [0.1, 0.15) is 23.3 Å². The number of carbonyl (C=O) groups excluding carboxylic acids is 1. The third-order valence-corrected chi connectivity index (χ3v) is 6.04. The molecule has 216 valence electrons. The van der Waals surface area contributed by atoms with Crippen molar-refractivity contribution in [3.63, 3.8) is 0 Å². The molecule has 3 heterocycles. The minimum absolute atomic E-state index is 0.0172. The van der Waals surface area contributed by atoms with Gasteiger partial charge in [-0.15, -0.1) is 8.78 Å². The van der Waals surface area contributed by atoms with Crippen LogP contribution < -0.4 is 19.9 Å². The van der Waals surface area contributed by atoms with E-state index in [9.17, 15) is 44.7 Å². The predicted octanol–water partition coefficient (Wildman–Crippen LogP) is 5.20. The van der Waals surface area contributed by atoms with E-state index in [1.807, 2.05) is 0 Å². The number of imidazole rings is 1. The Morgan fingerprint density at radius 3 is 2.34 bits per heavy atom. The maximum atomic E-state index is 13.6. The van der Waals surface area contributed by atoms with Gasteiger partial charge >= 0.3 is 18.6 Å². The number of fused-ring (bicyclic) bond motifs is 2. The SMILES string of the molecule is CCN(C(=O)Cn1nc(-c2ccc(C(F)(F)F)c(C(F)(F)F)c2)c2nc[nH]c2c1=O)c1ccc2c(c1)OC(F)(F)O2. The molecule has 0 radical (unpaired) electrons. The number of nitrogens with one attached hydrogen (secondary N) is 1. The van der Waals surface area contributed by atoms with Crippen LogP contribution in [0.5, 0.6) is 11.5 Å². The molecule has 0 saturated heterocycles. The summed E-state index contributed by atoms with van der Waals surface area (Å²) in [5.41, 5.74) is -6.08. The van der Waals surface area contributed by atoms with Crippen molar-refractivity contribution in [2.24, 2.45) is 0 Å². The van der Waals surface area contributed by atoms with Crippen LogP contribution in [0.2, 0.25) is 0 Å². The smallest absolute Gasteiger partial charge is 0.395 e. The zero-order valence-electron chi connectivity index (χ0n) is 20.4. The number of aromatic amines is 1. The number of carbonyl (C=O) groups is 1. The van der Waals surface area contributed by atoms with Gasteiger partial charge < -0.3 is 19.4 Å². The monoisotopic (exact) mass is 589 g/mol. The Kier molecular flexibility index (Phi) is 6.42. The number of H-pyrrole nitrogens is 1. The molecule has 1 aliphatic rings. The van der Waals surface area contributed by atoms with E-state index in [0.717, 1.165) is 29.4 Å². The fourth-order valence-electron chi connectivity index (χ4n) is 4.28. The molecule has 17 heteroatoms. The number of aromatic nitrogens is 4. The number of benzene rings is 2. The number of likely N-dealkylation sites (N-methyl/N-ethyl adjacent to an activating group) is 1. The topological polar surface area (TPSA) is 102 Å². The first-order valence-corrected chi connectivity index (χ1v) is 11.5. The first-order chi connectivity index (χ1) is 19.1. The summed E-state index contributed by atoms with van der Waals surface area (Å²) in [5.74, 6) is -1.41. The van der Waals surface area contributed by atoms with E-state index in [0.29, 0.717) is 4.68 Å². The van der Waals surface area contributed by atoms with Crippen molar-refractivity contribution in [3.05, 3.63) is 64.2 Å². The van der Waals surface area contributed by atoms with Gasteiger partial charge in [0.25, 0.3) is 5.56 Å². The van der Waals surface area contributed by atoms with Crippen LogP contribution in [0.3, 0.4) is 0 Å². The lowest BCUT2D eigenvalue weighted by Crippen LogP contribution is -2.37. The van der Waals surface area contributed by atoms with Gasteiger partial charge in [-0.1, -0.05) is 6.07 Å². The molecule has 0 fully saturated rings. The van der Waals surface area contributed by atoms with Crippen molar-refractivity contribution in [1.82, 2.24) is 19.7 Å². The van der Waals surface area contributed by atoms with Crippen molar-refractivity contribution in [2.45, 2.75) is 32.1 Å². The van der Waals surface area contributed by atoms with Crippen LogP contribution in [-0.4, -0.2) is 38.5 Å². The lowest BCUT2D eigenvalue weighted by Gasteiger charge is -2.21. The summed E-state index contributed by atoms with van der Waals surface area (Å²) >= 11 is 0. The van der Waals surface area contributed by atoms with Crippen LogP contribution in [0.25, 0.3) is 22.3 Å². The molecule has 2 aromatic heterocycles. The number of halogens is 8. The van der Waals surface area contributed by atoms with Gasteiger partial charge in [-0.3, -0.25) is 9.59 Å². The van der Waals surface area contributed by atoms with Gasteiger partial charge in [0.2, 0.25) is 5.91 Å². The Balaban J connectivity index is 1.55. The molecule has 0 atom stereocenters. The highest BCUT2D eigenvalue weighted by atomic mass is 19.4. The number of amides is 1. The second kappa shape index (κ2) is 9.45. The first kappa shape index (κ1) is 27.9. The summed E-state index contributed by atoms with van der Waals surface area (Å²) in [7, 11) is 0. The number of rotatable bonds is 5. The van der Waals surface area contributed by atoms with E-state index in [1.54, 1.807) is 0 Å². The maximum absolute atomic E-state index is 13.6. The normalized spacial score (nSPS) is 14.5. The van der Waals surface area contributed by atoms with Gasteiger partial charge in [-0.25, -0.2) is 9.67 Å². The summed E-state index contributed by atoms with van der Waals surface area (Å²) in [6, 6.07) is 4.75. The first-order valence-electron chi connectivity index (χ1n) is 11.5. The standard InChI is InChI=1S/C24H15F8N5O4/c1-2-36(12-4-6-15-16(8-12)41-24(31,32)40-15)17(38)9-37-21(39)20-19(33-10-34-20)18(35-37)11-3-5-13(22(25,26)27)14(7-11)23(28,29)30/h3-8,10H,2,9H2,1H3,(H,33,34). The fraction of sp³-hybridized carbons (Fsp3) is 0.250. The number of nitrogens with zero attached hydrogens (tertiary/aromatic N) is 4. The minimum Gasteiger partial charge on any atom is -0.395 e. The molecule has 2 aromatic carbocycles. The third-order valence-electron chi connectivity index (χ3n) is 6.04. The van der Waals surface area contributed by atoms with E-state index < -0.39 is 59.0 Å². The minimum atomic E-state index is -5.38. The molecule has 0 unspecified atom stereocenters. The highest BCUT2D eigenvalue weighted by molar-refractivity contribution is 5.94. The molecule has 0 spiro atoms. The third kappa shape index (κ3) is 5.14. The molecule has 41 heavy (non-hydrogen) atoms. The van der Waals surface area contributed by atoms with E-state index in [2.05, 4.69) is 24.5 Å². The molecular weight excluding hydrogens is 574 g/mol. The van der Waals surface area contributed by atoms with Crippen molar-refractivity contribution < 1.29 is 49.4 Å². The lowest BCUT2D eigenvalue weighted by molar-refractivity contribution is -0.286. The number of hydrogen-bond acceptors (Lipinski definition) is 6. The van der Waals surface area contributed by atoms with Crippen molar-refractivity contribution in [3.8, 4) is 22.8 Å². The molecule has 0 saturated carbocycles. The van der Waals surface area contributed by atoms with Gasteiger partial charge in [-0.2, -0.15) is 31.4 Å². The van der Waals surface area contributed by atoms with Gasteiger partial charge in [0.05, 0.1) is 17.5 Å². The van der Waals surface area contributed by atoms with Crippen LogP contribution in [0.1, 0.15) is 18.1 Å². The molecule has 5 rings (SSSR count).